The van der Waals surface area contributed by atoms with Crippen LogP contribution in [0, 0.1) is 11.3 Å². The van der Waals surface area contributed by atoms with Gasteiger partial charge in [-0.1, -0.05) is 13.8 Å². The Morgan fingerprint density at radius 1 is 1.33 bits per heavy atom. The summed E-state index contributed by atoms with van der Waals surface area (Å²) in [5, 5.41) is 7.87. The molecule has 3 atom stereocenters. The third-order valence-electron chi connectivity index (χ3n) is 6.81. The molecule has 0 unspecified atom stereocenters. The fraction of sp³-hybridized carbons (Fsp3) is 0.833. The summed E-state index contributed by atoms with van der Waals surface area (Å²) in [5.74, 6) is 0.772. The first-order chi connectivity index (χ1) is 11.3. The second-order valence-corrected chi connectivity index (χ2v) is 8.34. The van der Waals surface area contributed by atoms with E-state index in [4.69, 9.17) is 0 Å². The molecule has 0 spiro atoms. The van der Waals surface area contributed by atoms with E-state index >= 15 is 0 Å². The molecule has 1 saturated heterocycles. The minimum absolute atomic E-state index is 0.0309. The third kappa shape index (κ3) is 3.08. The standard InChI is InChI=1S/C18H31N5O/c1-14-6-5-9-23(14)16(24)10-20-18(4)8-7-15(17(18,2)3)11-22-13-19-12-21-22/h12-15,20H,5-11H2,1-4H3/t14-,15+,18+/m1/s1. The molecule has 1 aromatic rings. The summed E-state index contributed by atoms with van der Waals surface area (Å²) in [5.41, 5.74) is 0.0622. The van der Waals surface area contributed by atoms with Gasteiger partial charge in [0.1, 0.15) is 12.7 Å². The smallest absolute Gasteiger partial charge is 0.236 e. The Bertz CT molecular complexity index is 570. The quantitative estimate of drug-likeness (QED) is 0.896. The number of aromatic nitrogens is 3. The number of carbonyl (C=O) groups excluding carboxylic acids is 1. The first-order valence-electron chi connectivity index (χ1n) is 9.20. The van der Waals surface area contributed by atoms with Crippen LogP contribution in [0.4, 0.5) is 0 Å². The number of carbonyl (C=O) groups is 1. The van der Waals surface area contributed by atoms with Crippen molar-refractivity contribution in [1.82, 2.24) is 25.0 Å². The molecule has 0 aromatic carbocycles. The highest BCUT2D eigenvalue weighted by Gasteiger charge is 2.51. The van der Waals surface area contributed by atoms with E-state index in [1.807, 2.05) is 9.58 Å². The molecule has 1 N–H and O–H groups in total. The highest BCUT2D eigenvalue weighted by atomic mass is 16.2. The van der Waals surface area contributed by atoms with Crippen molar-refractivity contribution >= 4 is 5.91 Å². The minimum atomic E-state index is -0.0309. The highest BCUT2D eigenvalue weighted by Crippen LogP contribution is 2.50. The van der Waals surface area contributed by atoms with Crippen LogP contribution >= 0.6 is 0 Å². The first-order valence-corrected chi connectivity index (χ1v) is 9.20. The van der Waals surface area contributed by atoms with Crippen molar-refractivity contribution in [3.8, 4) is 0 Å². The molecular formula is C18H31N5O. The van der Waals surface area contributed by atoms with Crippen LogP contribution in [0.25, 0.3) is 0 Å². The molecule has 1 aromatic heterocycles. The molecule has 1 aliphatic carbocycles. The number of nitrogens with one attached hydrogen (secondary N) is 1. The average molecular weight is 333 g/mol. The van der Waals surface area contributed by atoms with Crippen molar-refractivity contribution in [2.75, 3.05) is 13.1 Å². The van der Waals surface area contributed by atoms with Crippen LogP contribution in [0.15, 0.2) is 12.7 Å². The molecule has 6 heteroatoms. The van der Waals surface area contributed by atoms with Gasteiger partial charge < -0.3 is 10.2 Å². The Hall–Kier alpha value is -1.43. The highest BCUT2D eigenvalue weighted by molar-refractivity contribution is 5.79. The summed E-state index contributed by atoms with van der Waals surface area (Å²) in [6.45, 7) is 11.3. The zero-order valence-electron chi connectivity index (χ0n) is 15.5. The lowest BCUT2D eigenvalue weighted by Crippen LogP contribution is -2.55. The van der Waals surface area contributed by atoms with E-state index in [0.29, 0.717) is 18.5 Å². The van der Waals surface area contributed by atoms with Crippen molar-refractivity contribution in [2.24, 2.45) is 11.3 Å². The fourth-order valence-electron chi connectivity index (χ4n) is 4.46. The van der Waals surface area contributed by atoms with Crippen LogP contribution in [0.1, 0.15) is 53.4 Å². The maximum atomic E-state index is 12.5. The van der Waals surface area contributed by atoms with Gasteiger partial charge in [-0.3, -0.25) is 9.48 Å². The molecule has 134 valence electrons. The lowest BCUT2D eigenvalue weighted by atomic mass is 9.71. The van der Waals surface area contributed by atoms with E-state index in [9.17, 15) is 4.79 Å². The van der Waals surface area contributed by atoms with Gasteiger partial charge in [-0.05, 0) is 50.9 Å². The predicted octanol–water partition coefficient (Wildman–Crippen LogP) is 2.07. The monoisotopic (exact) mass is 333 g/mol. The Morgan fingerprint density at radius 2 is 2.12 bits per heavy atom. The van der Waals surface area contributed by atoms with Gasteiger partial charge in [0.25, 0.3) is 0 Å². The first kappa shape index (κ1) is 17.4. The number of hydrogen-bond donors (Lipinski definition) is 1. The minimum Gasteiger partial charge on any atom is -0.339 e. The topological polar surface area (TPSA) is 63.1 Å². The molecule has 2 fully saturated rings. The average Bonchev–Trinajstić information content (AvgIpc) is 3.23. The zero-order chi connectivity index (χ0) is 17.4. The van der Waals surface area contributed by atoms with Crippen LogP contribution in [0.2, 0.25) is 0 Å². The lowest BCUT2D eigenvalue weighted by Gasteiger charge is -2.43. The van der Waals surface area contributed by atoms with E-state index in [1.54, 1.807) is 12.7 Å². The van der Waals surface area contributed by atoms with Gasteiger partial charge in [-0.2, -0.15) is 5.10 Å². The van der Waals surface area contributed by atoms with E-state index in [2.05, 4.69) is 43.1 Å². The molecule has 0 bridgehead atoms. The third-order valence-corrected chi connectivity index (χ3v) is 6.81. The van der Waals surface area contributed by atoms with Gasteiger partial charge in [-0.15, -0.1) is 0 Å². The molecule has 0 radical (unpaired) electrons. The van der Waals surface area contributed by atoms with Crippen LogP contribution < -0.4 is 5.32 Å². The van der Waals surface area contributed by atoms with Crippen molar-refractivity contribution in [3.05, 3.63) is 12.7 Å². The predicted molar refractivity (Wildman–Crippen MR) is 93.3 cm³/mol. The van der Waals surface area contributed by atoms with Gasteiger partial charge in [-0.25, -0.2) is 4.98 Å². The molecule has 6 nitrogen and oxygen atoms in total. The maximum Gasteiger partial charge on any atom is 0.236 e. The lowest BCUT2D eigenvalue weighted by molar-refractivity contribution is -0.131. The van der Waals surface area contributed by atoms with Gasteiger partial charge >= 0.3 is 0 Å². The van der Waals surface area contributed by atoms with Crippen molar-refractivity contribution < 1.29 is 4.79 Å². The van der Waals surface area contributed by atoms with Crippen molar-refractivity contribution in [2.45, 2.75) is 71.5 Å². The Morgan fingerprint density at radius 3 is 2.75 bits per heavy atom. The summed E-state index contributed by atoms with van der Waals surface area (Å²) >= 11 is 0. The number of rotatable bonds is 5. The number of likely N-dealkylation sites (tertiary alicyclic amines) is 1. The van der Waals surface area contributed by atoms with Crippen LogP contribution in [0.5, 0.6) is 0 Å². The van der Waals surface area contributed by atoms with E-state index in [-0.39, 0.29) is 16.9 Å². The number of hydrogen-bond acceptors (Lipinski definition) is 4. The SMILES string of the molecule is C[C@@H]1CCCN1C(=O)CN[C@@]1(C)CC[C@@H](Cn2cncn2)C1(C)C. The maximum absolute atomic E-state index is 12.5. The van der Waals surface area contributed by atoms with Crippen LogP contribution in [-0.4, -0.2) is 50.2 Å². The molecule has 2 aliphatic rings. The summed E-state index contributed by atoms with van der Waals surface area (Å²) < 4.78 is 1.93. The van der Waals surface area contributed by atoms with E-state index < -0.39 is 0 Å². The van der Waals surface area contributed by atoms with Gasteiger partial charge in [0.2, 0.25) is 5.91 Å². The molecular weight excluding hydrogens is 302 g/mol. The summed E-state index contributed by atoms with van der Waals surface area (Å²) in [6, 6.07) is 0.392. The Balaban J connectivity index is 1.61. The number of amides is 1. The summed E-state index contributed by atoms with van der Waals surface area (Å²) in [6.07, 6.45) is 7.88. The van der Waals surface area contributed by atoms with E-state index in [1.165, 1.54) is 0 Å². The van der Waals surface area contributed by atoms with Crippen molar-refractivity contribution in [1.29, 1.82) is 0 Å². The Kier molecular flexibility index (Phi) is 4.69. The van der Waals surface area contributed by atoms with Gasteiger partial charge in [0, 0.05) is 24.7 Å². The molecule has 24 heavy (non-hydrogen) atoms. The molecule has 3 rings (SSSR count). The van der Waals surface area contributed by atoms with Gasteiger partial charge in [0.05, 0.1) is 6.54 Å². The van der Waals surface area contributed by atoms with Gasteiger partial charge in [0.15, 0.2) is 0 Å². The second-order valence-electron chi connectivity index (χ2n) is 8.34. The molecule has 1 aliphatic heterocycles. The molecule has 1 amide bonds. The summed E-state index contributed by atoms with van der Waals surface area (Å²) in [7, 11) is 0. The van der Waals surface area contributed by atoms with Crippen LogP contribution in [0.3, 0.4) is 0 Å². The zero-order valence-corrected chi connectivity index (χ0v) is 15.5. The van der Waals surface area contributed by atoms with Crippen LogP contribution in [-0.2, 0) is 11.3 Å². The Labute approximate surface area is 145 Å². The summed E-state index contributed by atoms with van der Waals surface area (Å²) in [4.78, 5) is 18.6. The second kappa shape index (κ2) is 6.47. The molecule has 2 heterocycles. The van der Waals surface area contributed by atoms with E-state index in [0.717, 1.165) is 38.8 Å². The normalized spacial score (nSPS) is 32.4. The van der Waals surface area contributed by atoms with Crippen molar-refractivity contribution in [3.63, 3.8) is 0 Å². The fourth-order valence-corrected chi connectivity index (χ4v) is 4.46. The molecule has 1 saturated carbocycles. The number of nitrogens with zero attached hydrogens (tertiary/aromatic N) is 4. The largest absolute Gasteiger partial charge is 0.339 e.